The molecule has 0 aliphatic rings. The lowest BCUT2D eigenvalue weighted by Gasteiger charge is -2.19. The van der Waals surface area contributed by atoms with Crippen LogP contribution in [0.4, 0.5) is 10.5 Å². The van der Waals surface area contributed by atoms with Crippen molar-refractivity contribution in [2.45, 2.75) is 26.4 Å². The number of hydrogen-bond acceptors (Lipinski definition) is 5. The maximum absolute atomic E-state index is 12.0. The van der Waals surface area contributed by atoms with Gasteiger partial charge in [0.2, 0.25) is 0 Å². The number of thiocarbonyl (C=S) groups is 1. The molecule has 1 heterocycles. The van der Waals surface area contributed by atoms with E-state index in [1.807, 2.05) is 0 Å². The summed E-state index contributed by atoms with van der Waals surface area (Å²) in [4.78, 5) is 15.9. The number of isothiocyanates is 1. The lowest BCUT2D eigenvalue weighted by atomic mass is 10.2. The van der Waals surface area contributed by atoms with Crippen LogP contribution in [0.15, 0.2) is 23.3 Å². The molecule has 1 aromatic carbocycles. The third kappa shape index (κ3) is 2.88. The molecule has 104 valence electrons. The zero-order chi connectivity index (χ0) is 14.9. The second-order valence-electron chi connectivity index (χ2n) is 5.07. The van der Waals surface area contributed by atoms with E-state index in [9.17, 15) is 4.79 Å². The molecular weight excluding hydrogens is 298 g/mol. The highest BCUT2D eigenvalue weighted by Crippen LogP contribution is 2.32. The van der Waals surface area contributed by atoms with Crippen LogP contribution in [0.25, 0.3) is 10.9 Å². The molecule has 7 heteroatoms. The fourth-order valence-electron chi connectivity index (χ4n) is 1.64. The largest absolute Gasteiger partial charge is 0.442 e. The molecule has 0 saturated carbocycles. The van der Waals surface area contributed by atoms with Crippen LogP contribution in [0.1, 0.15) is 20.8 Å². The molecule has 0 spiro atoms. The van der Waals surface area contributed by atoms with Gasteiger partial charge in [-0.3, -0.25) is 0 Å². The van der Waals surface area contributed by atoms with Crippen molar-refractivity contribution in [1.82, 2.24) is 9.78 Å². The lowest BCUT2D eigenvalue weighted by Crippen LogP contribution is -2.27. The van der Waals surface area contributed by atoms with Gasteiger partial charge >= 0.3 is 6.09 Å². The first-order valence-electron chi connectivity index (χ1n) is 5.81. The number of halogens is 1. The van der Waals surface area contributed by atoms with E-state index in [0.29, 0.717) is 21.6 Å². The molecule has 2 rings (SSSR count). The van der Waals surface area contributed by atoms with Crippen molar-refractivity contribution < 1.29 is 9.53 Å². The molecular formula is C13H12ClN3O2S. The van der Waals surface area contributed by atoms with Gasteiger partial charge in [0.15, 0.2) is 0 Å². The number of nitrogens with zero attached hydrogens (tertiary/aromatic N) is 3. The molecule has 0 atom stereocenters. The molecule has 0 unspecified atom stereocenters. The minimum absolute atomic E-state index is 0.370. The monoisotopic (exact) mass is 309 g/mol. The molecule has 2 aromatic rings. The van der Waals surface area contributed by atoms with Gasteiger partial charge < -0.3 is 4.74 Å². The molecule has 0 fully saturated rings. The Morgan fingerprint density at radius 3 is 2.80 bits per heavy atom. The van der Waals surface area contributed by atoms with E-state index >= 15 is 0 Å². The summed E-state index contributed by atoms with van der Waals surface area (Å²) in [5, 5.41) is 7.24. The van der Waals surface area contributed by atoms with Gasteiger partial charge in [-0.05, 0) is 45.1 Å². The van der Waals surface area contributed by atoms with Crippen molar-refractivity contribution in [2.24, 2.45) is 4.99 Å². The quantitative estimate of drug-likeness (QED) is 0.585. The van der Waals surface area contributed by atoms with Crippen LogP contribution in [0.5, 0.6) is 0 Å². The van der Waals surface area contributed by atoms with Crippen molar-refractivity contribution in [3.8, 4) is 0 Å². The Morgan fingerprint density at radius 1 is 1.50 bits per heavy atom. The summed E-state index contributed by atoms with van der Waals surface area (Å²) in [7, 11) is 0. The predicted octanol–water partition coefficient (Wildman–Crippen LogP) is 4.21. The van der Waals surface area contributed by atoms with Crippen molar-refractivity contribution in [2.75, 3.05) is 0 Å². The maximum atomic E-state index is 12.0. The average Bonchev–Trinajstić information content (AvgIpc) is 2.75. The van der Waals surface area contributed by atoms with Gasteiger partial charge in [-0.25, -0.2) is 4.79 Å². The zero-order valence-electron chi connectivity index (χ0n) is 11.2. The number of fused-ring (bicyclic) bond motifs is 1. The highest BCUT2D eigenvalue weighted by molar-refractivity contribution is 7.78. The highest BCUT2D eigenvalue weighted by Gasteiger charge is 2.21. The van der Waals surface area contributed by atoms with E-state index in [1.54, 1.807) is 32.9 Å². The van der Waals surface area contributed by atoms with Gasteiger partial charge in [0.1, 0.15) is 5.60 Å². The Labute approximate surface area is 126 Å². The first-order valence-corrected chi connectivity index (χ1v) is 6.59. The molecule has 1 aromatic heterocycles. The van der Waals surface area contributed by atoms with Crippen LogP contribution in [-0.4, -0.2) is 26.6 Å². The summed E-state index contributed by atoms with van der Waals surface area (Å²) in [5.41, 5.74) is 0.436. The third-order valence-corrected chi connectivity index (χ3v) is 2.89. The Hall–Kier alpha value is -1.75. The van der Waals surface area contributed by atoms with E-state index in [1.165, 1.54) is 6.20 Å². The SMILES string of the molecule is CC(C)(C)OC(=O)n1ncc2c(Cl)c(N=C=S)ccc21. The predicted molar refractivity (Wildman–Crippen MR) is 81.1 cm³/mol. The molecule has 20 heavy (non-hydrogen) atoms. The van der Waals surface area contributed by atoms with E-state index in [4.69, 9.17) is 16.3 Å². The molecule has 0 amide bonds. The number of aliphatic imine (C=N–C) groups is 1. The number of benzene rings is 1. The summed E-state index contributed by atoms with van der Waals surface area (Å²) in [6.45, 7) is 5.36. The standard InChI is InChI=1S/C13H12ClN3O2S/c1-13(2,3)19-12(18)17-10-5-4-9(15-7-20)11(14)8(10)6-16-17/h4-6H,1-3H3. The van der Waals surface area contributed by atoms with E-state index in [-0.39, 0.29) is 0 Å². The number of carbonyl (C=O) groups is 1. The molecule has 0 N–H and O–H groups in total. The van der Waals surface area contributed by atoms with Gasteiger partial charge in [0.05, 0.1) is 27.6 Å². The number of carbonyl (C=O) groups excluding carboxylic acids is 1. The lowest BCUT2D eigenvalue weighted by molar-refractivity contribution is 0.0523. The van der Waals surface area contributed by atoms with Crippen molar-refractivity contribution in [1.29, 1.82) is 0 Å². The van der Waals surface area contributed by atoms with Gasteiger partial charge in [0, 0.05) is 5.39 Å². The smallest absolute Gasteiger partial charge is 0.435 e. The Kier molecular flexibility index (Phi) is 3.90. The zero-order valence-corrected chi connectivity index (χ0v) is 12.7. The van der Waals surface area contributed by atoms with Crippen molar-refractivity contribution >= 4 is 51.7 Å². The van der Waals surface area contributed by atoms with Crippen LogP contribution in [0, 0.1) is 0 Å². The summed E-state index contributed by atoms with van der Waals surface area (Å²) < 4.78 is 6.44. The summed E-state index contributed by atoms with van der Waals surface area (Å²) in [6.07, 6.45) is 0.930. The minimum atomic E-state index is -0.597. The van der Waals surface area contributed by atoms with Crippen LogP contribution in [0.2, 0.25) is 5.02 Å². The van der Waals surface area contributed by atoms with E-state index in [2.05, 4.69) is 27.5 Å². The normalized spacial score (nSPS) is 11.2. The van der Waals surface area contributed by atoms with Crippen LogP contribution in [0.3, 0.4) is 0 Å². The topological polar surface area (TPSA) is 56.5 Å². The van der Waals surface area contributed by atoms with Gasteiger partial charge in [-0.1, -0.05) is 11.6 Å². The molecule has 0 radical (unpaired) electrons. The van der Waals surface area contributed by atoms with Gasteiger partial charge in [-0.15, -0.1) is 0 Å². The second kappa shape index (κ2) is 5.32. The first kappa shape index (κ1) is 14.7. The highest BCUT2D eigenvalue weighted by atomic mass is 35.5. The summed E-state index contributed by atoms with van der Waals surface area (Å²) >= 11 is 10.7. The Balaban J connectivity index is 2.51. The van der Waals surface area contributed by atoms with E-state index in [0.717, 1.165) is 4.68 Å². The van der Waals surface area contributed by atoms with Crippen LogP contribution in [-0.2, 0) is 4.74 Å². The summed E-state index contributed by atoms with van der Waals surface area (Å²) in [5.74, 6) is 0. The van der Waals surface area contributed by atoms with Gasteiger partial charge in [0.25, 0.3) is 0 Å². The third-order valence-electron chi connectivity index (χ3n) is 2.40. The molecule has 0 aliphatic heterocycles. The first-order chi connectivity index (χ1) is 9.33. The number of aromatic nitrogens is 2. The maximum Gasteiger partial charge on any atom is 0.435 e. The van der Waals surface area contributed by atoms with Crippen LogP contribution >= 0.6 is 23.8 Å². The van der Waals surface area contributed by atoms with E-state index < -0.39 is 11.7 Å². The van der Waals surface area contributed by atoms with Crippen molar-refractivity contribution in [3.63, 3.8) is 0 Å². The minimum Gasteiger partial charge on any atom is -0.442 e. The van der Waals surface area contributed by atoms with Crippen molar-refractivity contribution in [3.05, 3.63) is 23.4 Å². The molecule has 0 bridgehead atoms. The summed E-state index contributed by atoms with van der Waals surface area (Å²) in [6, 6.07) is 3.33. The fourth-order valence-corrected chi connectivity index (χ4v) is 1.99. The average molecular weight is 310 g/mol. The fraction of sp³-hybridized carbons (Fsp3) is 0.308. The van der Waals surface area contributed by atoms with Gasteiger partial charge in [-0.2, -0.15) is 14.8 Å². The number of ether oxygens (including phenoxy) is 1. The molecule has 0 saturated heterocycles. The molecule has 5 nitrogen and oxygen atoms in total. The number of rotatable bonds is 1. The Morgan fingerprint density at radius 2 is 2.20 bits per heavy atom. The molecule has 0 aliphatic carbocycles. The Bertz CT molecular complexity index is 727. The van der Waals surface area contributed by atoms with Crippen LogP contribution < -0.4 is 0 Å². The number of hydrogen-bond donors (Lipinski definition) is 0. The second-order valence-corrected chi connectivity index (χ2v) is 5.63.